The molecule has 1 aromatic heterocycles. The summed E-state index contributed by atoms with van der Waals surface area (Å²) in [6, 6.07) is 8.42. The van der Waals surface area contributed by atoms with Crippen molar-refractivity contribution >= 4 is 43.2 Å². The third kappa shape index (κ3) is 4.58. The highest BCUT2D eigenvalue weighted by Crippen LogP contribution is 2.35. The Kier molecular flexibility index (Phi) is 6.08. The van der Waals surface area contributed by atoms with E-state index in [0.29, 0.717) is 0 Å². The Morgan fingerprint density at radius 3 is 2.45 bits per heavy atom. The van der Waals surface area contributed by atoms with E-state index in [9.17, 15) is 0 Å². The minimum absolute atomic E-state index is 0.158. The molecule has 0 atom stereocenters. The van der Waals surface area contributed by atoms with E-state index in [-0.39, 0.29) is 6.10 Å². The molecular weight excluding hydrogens is 402 g/mol. The molecule has 2 nitrogen and oxygen atoms in total. The number of halogens is 2. The van der Waals surface area contributed by atoms with Crippen LogP contribution in [0.25, 0.3) is 0 Å². The molecule has 2 aromatic rings. The van der Waals surface area contributed by atoms with Gasteiger partial charge in [-0.3, -0.25) is 0 Å². The summed E-state index contributed by atoms with van der Waals surface area (Å²) in [6.45, 7) is 5.78. The van der Waals surface area contributed by atoms with Crippen LogP contribution in [0.3, 0.4) is 0 Å². The van der Waals surface area contributed by atoms with Gasteiger partial charge >= 0.3 is 0 Å². The van der Waals surface area contributed by atoms with Crippen molar-refractivity contribution in [2.45, 2.75) is 33.0 Å². The molecule has 108 valence electrons. The summed E-state index contributed by atoms with van der Waals surface area (Å²) in [5.41, 5.74) is 1.22. The van der Waals surface area contributed by atoms with Gasteiger partial charge in [0.05, 0.1) is 15.0 Å². The highest BCUT2D eigenvalue weighted by molar-refractivity contribution is 9.11. The second kappa shape index (κ2) is 7.59. The fourth-order valence-corrected chi connectivity index (χ4v) is 3.95. The van der Waals surface area contributed by atoms with Gasteiger partial charge in [0.25, 0.3) is 0 Å². The van der Waals surface area contributed by atoms with Crippen LogP contribution in [0.2, 0.25) is 0 Å². The van der Waals surface area contributed by atoms with Crippen LogP contribution in [0.15, 0.2) is 38.6 Å². The molecule has 0 bridgehead atoms. The summed E-state index contributed by atoms with van der Waals surface area (Å²) in [7, 11) is 0. The Hall–Kier alpha value is -0.360. The van der Waals surface area contributed by atoms with Gasteiger partial charge in [0.1, 0.15) is 5.75 Å². The number of benzene rings is 1. The number of hydrogen-bond donors (Lipinski definition) is 1. The van der Waals surface area contributed by atoms with Crippen LogP contribution in [0.4, 0.5) is 0 Å². The molecule has 1 aromatic carbocycles. The third-order valence-corrected chi connectivity index (χ3v) is 4.67. The smallest absolute Gasteiger partial charge is 0.148 e. The highest BCUT2D eigenvalue weighted by atomic mass is 79.9. The predicted molar refractivity (Wildman–Crippen MR) is 92.5 cm³/mol. The number of thiophene rings is 1. The largest absolute Gasteiger partial charge is 0.489 e. The SMILES string of the molecule is CC(C)Oc1c(Br)cc(CNCc2cccs2)cc1Br. The van der Waals surface area contributed by atoms with Crippen molar-refractivity contribution in [1.82, 2.24) is 5.32 Å². The van der Waals surface area contributed by atoms with Gasteiger partial charge in [-0.05, 0) is 74.8 Å². The maximum Gasteiger partial charge on any atom is 0.148 e. The van der Waals surface area contributed by atoms with Gasteiger partial charge in [-0.25, -0.2) is 0 Å². The molecule has 0 radical (unpaired) electrons. The number of ether oxygens (including phenoxy) is 1. The Morgan fingerprint density at radius 2 is 1.90 bits per heavy atom. The molecule has 1 N–H and O–H groups in total. The fourth-order valence-electron chi connectivity index (χ4n) is 1.81. The number of rotatable bonds is 6. The first-order chi connectivity index (χ1) is 9.56. The van der Waals surface area contributed by atoms with Crippen molar-refractivity contribution in [3.8, 4) is 5.75 Å². The molecule has 5 heteroatoms. The van der Waals surface area contributed by atoms with Crippen molar-refractivity contribution in [3.63, 3.8) is 0 Å². The first kappa shape index (κ1) is 16.0. The lowest BCUT2D eigenvalue weighted by Gasteiger charge is -2.15. The first-order valence-electron chi connectivity index (χ1n) is 6.44. The topological polar surface area (TPSA) is 21.3 Å². The summed E-state index contributed by atoms with van der Waals surface area (Å²) in [5, 5.41) is 5.55. The molecule has 0 saturated heterocycles. The molecule has 0 unspecified atom stereocenters. The van der Waals surface area contributed by atoms with E-state index in [0.717, 1.165) is 27.8 Å². The molecule has 2 rings (SSSR count). The van der Waals surface area contributed by atoms with Crippen LogP contribution in [-0.2, 0) is 13.1 Å². The van der Waals surface area contributed by atoms with Gasteiger partial charge in [-0.1, -0.05) is 6.07 Å². The van der Waals surface area contributed by atoms with Gasteiger partial charge in [0.2, 0.25) is 0 Å². The normalized spacial score (nSPS) is 11.1. The quantitative estimate of drug-likeness (QED) is 0.682. The summed E-state index contributed by atoms with van der Waals surface area (Å²) < 4.78 is 7.74. The molecule has 0 aliphatic carbocycles. The zero-order valence-electron chi connectivity index (χ0n) is 11.5. The van der Waals surface area contributed by atoms with Crippen molar-refractivity contribution in [2.75, 3.05) is 0 Å². The number of nitrogens with one attached hydrogen (secondary N) is 1. The lowest BCUT2D eigenvalue weighted by Crippen LogP contribution is -2.12. The van der Waals surface area contributed by atoms with Gasteiger partial charge in [-0.15, -0.1) is 11.3 Å². The summed E-state index contributed by atoms with van der Waals surface area (Å²) >= 11 is 8.93. The van der Waals surface area contributed by atoms with Crippen LogP contribution in [0.5, 0.6) is 5.75 Å². The van der Waals surface area contributed by atoms with E-state index in [1.807, 2.05) is 13.8 Å². The van der Waals surface area contributed by atoms with E-state index >= 15 is 0 Å². The Balaban J connectivity index is 1.99. The van der Waals surface area contributed by atoms with E-state index in [1.165, 1.54) is 10.4 Å². The summed E-state index contributed by atoms with van der Waals surface area (Å²) in [4.78, 5) is 1.35. The van der Waals surface area contributed by atoms with Crippen LogP contribution in [0, 0.1) is 0 Å². The highest BCUT2D eigenvalue weighted by Gasteiger charge is 2.10. The second-order valence-corrected chi connectivity index (χ2v) is 7.48. The minimum atomic E-state index is 0.158. The summed E-state index contributed by atoms with van der Waals surface area (Å²) in [6.07, 6.45) is 0.158. The van der Waals surface area contributed by atoms with E-state index in [4.69, 9.17) is 4.74 Å². The minimum Gasteiger partial charge on any atom is -0.489 e. The fraction of sp³-hybridized carbons (Fsp3) is 0.333. The monoisotopic (exact) mass is 417 g/mol. The standard InChI is InChI=1S/C15H17Br2NOS/c1-10(2)19-15-13(16)6-11(7-14(15)17)8-18-9-12-4-3-5-20-12/h3-7,10,18H,8-9H2,1-2H3. The molecular formula is C15H17Br2NOS. The zero-order valence-corrected chi connectivity index (χ0v) is 15.4. The molecule has 0 spiro atoms. The van der Waals surface area contributed by atoms with Gasteiger partial charge in [0.15, 0.2) is 0 Å². The van der Waals surface area contributed by atoms with Crippen molar-refractivity contribution in [2.24, 2.45) is 0 Å². The lowest BCUT2D eigenvalue weighted by molar-refractivity contribution is 0.239. The van der Waals surface area contributed by atoms with Gasteiger partial charge < -0.3 is 10.1 Å². The second-order valence-electron chi connectivity index (χ2n) is 4.74. The average molecular weight is 419 g/mol. The lowest BCUT2D eigenvalue weighted by atomic mass is 10.2. The Morgan fingerprint density at radius 1 is 1.20 bits per heavy atom. The average Bonchev–Trinajstić information content (AvgIpc) is 2.87. The van der Waals surface area contributed by atoms with E-state index in [2.05, 4.69) is 66.8 Å². The maximum atomic E-state index is 5.78. The van der Waals surface area contributed by atoms with Gasteiger partial charge in [0, 0.05) is 18.0 Å². The Bertz CT molecular complexity index is 532. The van der Waals surface area contributed by atoms with Crippen molar-refractivity contribution in [1.29, 1.82) is 0 Å². The summed E-state index contributed by atoms with van der Waals surface area (Å²) in [5.74, 6) is 0.863. The molecule has 0 amide bonds. The first-order valence-corrected chi connectivity index (χ1v) is 8.90. The molecule has 0 fully saturated rings. The molecule has 0 saturated carbocycles. The van der Waals surface area contributed by atoms with Crippen LogP contribution < -0.4 is 10.1 Å². The molecule has 0 aliphatic heterocycles. The van der Waals surface area contributed by atoms with Crippen molar-refractivity contribution in [3.05, 3.63) is 49.0 Å². The van der Waals surface area contributed by atoms with Crippen molar-refractivity contribution < 1.29 is 4.74 Å². The Labute approximate surface area is 140 Å². The maximum absolute atomic E-state index is 5.78. The van der Waals surface area contributed by atoms with Crippen LogP contribution >= 0.6 is 43.2 Å². The van der Waals surface area contributed by atoms with Crippen LogP contribution in [0.1, 0.15) is 24.3 Å². The van der Waals surface area contributed by atoms with Gasteiger partial charge in [-0.2, -0.15) is 0 Å². The third-order valence-electron chi connectivity index (χ3n) is 2.62. The molecule has 0 aliphatic rings. The predicted octanol–water partition coefficient (Wildman–Crippen LogP) is 5.35. The molecule has 20 heavy (non-hydrogen) atoms. The molecule has 1 heterocycles. The van der Waals surface area contributed by atoms with E-state index < -0.39 is 0 Å². The number of hydrogen-bond acceptors (Lipinski definition) is 3. The zero-order chi connectivity index (χ0) is 14.5. The van der Waals surface area contributed by atoms with Crippen LogP contribution in [-0.4, -0.2) is 6.10 Å². The van der Waals surface area contributed by atoms with E-state index in [1.54, 1.807) is 11.3 Å².